The van der Waals surface area contributed by atoms with E-state index in [1.54, 1.807) is 7.11 Å². The molecule has 4 rings (SSSR count). The standard InChI is InChI=1S/C23H28N4O2S/c1-15-13-21(16(2)26(15)12-11-18-5-9-20(29-4)10-6-18)22(28)14-30-23-25-24-17(3)27(23)19-7-8-19/h5-6,9-10,13,19H,7-8,11-12,14H2,1-4H3. The lowest BCUT2D eigenvalue weighted by Crippen LogP contribution is -2.09. The summed E-state index contributed by atoms with van der Waals surface area (Å²) in [6.07, 6.45) is 3.26. The third-order valence-electron chi connectivity index (χ3n) is 5.74. The second-order valence-electron chi connectivity index (χ2n) is 7.88. The number of ether oxygens (including phenoxy) is 1. The van der Waals surface area contributed by atoms with Crippen LogP contribution in [-0.2, 0) is 13.0 Å². The molecule has 0 bridgehead atoms. The third kappa shape index (κ3) is 4.31. The molecule has 0 amide bonds. The summed E-state index contributed by atoms with van der Waals surface area (Å²) in [7, 11) is 1.68. The molecule has 158 valence electrons. The molecule has 0 saturated heterocycles. The van der Waals surface area contributed by atoms with E-state index >= 15 is 0 Å². The quantitative estimate of drug-likeness (QED) is 0.372. The predicted molar refractivity (Wildman–Crippen MR) is 119 cm³/mol. The lowest BCUT2D eigenvalue weighted by Gasteiger charge is -2.10. The van der Waals surface area contributed by atoms with Gasteiger partial charge in [-0.1, -0.05) is 23.9 Å². The molecular formula is C23H28N4O2S. The number of thioether (sulfide) groups is 1. The Morgan fingerprint density at radius 1 is 1.17 bits per heavy atom. The third-order valence-corrected chi connectivity index (χ3v) is 6.68. The van der Waals surface area contributed by atoms with Crippen LogP contribution in [0.25, 0.3) is 0 Å². The van der Waals surface area contributed by atoms with Crippen molar-refractivity contribution in [3.05, 3.63) is 58.7 Å². The lowest BCUT2D eigenvalue weighted by molar-refractivity contribution is 0.102. The van der Waals surface area contributed by atoms with Gasteiger partial charge in [0.1, 0.15) is 11.6 Å². The highest BCUT2D eigenvalue weighted by Gasteiger charge is 2.28. The number of nitrogens with zero attached hydrogens (tertiary/aromatic N) is 4. The molecule has 6 nitrogen and oxygen atoms in total. The van der Waals surface area contributed by atoms with Gasteiger partial charge in [0.05, 0.1) is 12.9 Å². The molecule has 2 heterocycles. The number of methoxy groups -OCH3 is 1. The van der Waals surface area contributed by atoms with Crippen molar-refractivity contribution in [2.75, 3.05) is 12.9 Å². The Hall–Kier alpha value is -2.54. The van der Waals surface area contributed by atoms with Crippen LogP contribution in [0.2, 0.25) is 0 Å². The highest BCUT2D eigenvalue weighted by molar-refractivity contribution is 7.99. The van der Waals surface area contributed by atoms with Gasteiger partial charge in [-0.05, 0) is 63.8 Å². The first-order valence-corrected chi connectivity index (χ1v) is 11.3. The average molecular weight is 425 g/mol. The molecule has 0 N–H and O–H groups in total. The summed E-state index contributed by atoms with van der Waals surface area (Å²) < 4.78 is 9.64. The largest absolute Gasteiger partial charge is 0.497 e. The molecule has 0 radical (unpaired) electrons. The second kappa shape index (κ2) is 8.68. The first kappa shape index (κ1) is 20.7. The van der Waals surface area contributed by atoms with Crippen molar-refractivity contribution < 1.29 is 9.53 Å². The van der Waals surface area contributed by atoms with Crippen molar-refractivity contribution in [3.63, 3.8) is 0 Å². The van der Waals surface area contributed by atoms with Crippen LogP contribution in [0, 0.1) is 20.8 Å². The van der Waals surface area contributed by atoms with Crippen molar-refractivity contribution >= 4 is 17.5 Å². The zero-order valence-corrected chi connectivity index (χ0v) is 18.8. The summed E-state index contributed by atoms with van der Waals surface area (Å²) in [5, 5.41) is 9.33. The Balaban J connectivity index is 1.41. The molecule has 1 aliphatic carbocycles. The minimum absolute atomic E-state index is 0.145. The Labute approximate surface area is 181 Å². The lowest BCUT2D eigenvalue weighted by atomic mass is 10.1. The molecule has 1 aliphatic rings. The normalized spacial score (nSPS) is 13.6. The number of carbonyl (C=O) groups excluding carboxylic acids is 1. The van der Waals surface area contributed by atoms with Crippen LogP contribution in [0.3, 0.4) is 0 Å². The van der Waals surface area contributed by atoms with Crippen LogP contribution in [-0.4, -0.2) is 38.0 Å². The summed E-state index contributed by atoms with van der Waals surface area (Å²) in [5.41, 5.74) is 4.21. The van der Waals surface area contributed by atoms with Crippen LogP contribution < -0.4 is 4.74 Å². The number of aromatic nitrogens is 4. The van der Waals surface area contributed by atoms with E-state index in [1.807, 2.05) is 32.0 Å². The second-order valence-corrected chi connectivity index (χ2v) is 8.82. The average Bonchev–Trinajstić information content (AvgIpc) is 3.45. The number of hydrogen-bond donors (Lipinski definition) is 0. The molecular weight excluding hydrogens is 396 g/mol. The Bertz CT molecular complexity index is 1050. The smallest absolute Gasteiger partial charge is 0.191 e. The molecule has 30 heavy (non-hydrogen) atoms. The first-order chi connectivity index (χ1) is 14.5. The fraction of sp³-hybridized carbons (Fsp3) is 0.435. The molecule has 2 aromatic heterocycles. The highest BCUT2D eigenvalue weighted by Crippen LogP contribution is 2.38. The number of hydrogen-bond acceptors (Lipinski definition) is 5. The van der Waals surface area contributed by atoms with E-state index < -0.39 is 0 Å². The molecule has 1 fully saturated rings. The van der Waals surface area contributed by atoms with Crippen molar-refractivity contribution in [2.45, 2.75) is 57.8 Å². The summed E-state index contributed by atoms with van der Waals surface area (Å²) in [4.78, 5) is 12.9. The zero-order valence-electron chi connectivity index (χ0n) is 18.0. The Kier molecular flexibility index (Phi) is 5.99. The van der Waals surface area contributed by atoms with Gasteiger partial charge in [-0.3, -0.25) is 4.79 Å². The van der Waals surface area contributed by atoms with Gasteiger partial charge in [-0.25, -0.2) is 0 Å². The Morgan fingerprint density at radius 2 is 1.90 bits per heavy atom. The molecule has 3 aromatic rings. The van der Waals surface area contributed by atoms with E-state index in [9.17, 15) is 4.79 Å². The minimum atomic E-state index is 0.145. The summed E-state index contributed by atoms with van der Waals surface area (Å²) >= 11 is 1.50. The van der Waals surface area contributed by atoms with Gasteiger partial charge in [-0.2, -0.15) is 0 Å². The number of aryl methyl sites for hydroxylation is 3. The first-order valence-electron chi connectivity index (χ1n) is 10.3. The van der Waals surface area contributed by atoms with Crippen molar-refractivity contribution in [3.8, 4) is 5.75 Å². The van der Waals surface area contributed by atoms with Gasteiger partial charge in [-0.15, -0.1) is 10.2 Å². The van der Waals surface area contributed by atoms with Gasteiger partial charge >= 0.3 is 0 Å². The van der Waals surface area contributed by atoms with Gasteiger partial charge < -0.3 is 13.9 Å². The SMILES string of the molecule is COc1ccc(CCn2c(C)cc(C(=O)CSc3nnc(C)n3C3CC3)c2C)cc1. The number of benzene rings is 1. The molecule has 0 spiro atoms. The Morgan fingerprint density at radius 3 is 2.57 bits per heavy atom. The van der Waals surface area contributed by atoms with Crippen LogP contribution in [0.5, 0.6) is 5.75 Å². The number of Topliss-reactive ketones (excluding diaryl/α,β-unsaturated/α-hetero) is 1. The predicted octanol–water partition coefficient (Wildman–Crippen LogP) is 4.57. The van der Waals surface area contributed by atoms with Crippen LogP contribution in [0.15, 0.2) is 35.5 Å². The van der Waals surface area contributed by atoms with E-state index in [0.717, 1.165) is 46.6 Å². The van der Waals surface area contributed by atoms with E-state index in [2.05, 4.69) is 38.4 Å². The monoisotopic (exact) mass is 424 g/mol. The van der Waals surface area contributed by atoms with Crippen LogP contribution in [0.1, 0.15) is 52.0 Å². The number of ketones is 1. The minimum Gasteiger partial charge on any atom is -0.497 e. The summed E-state index contributed by atoms with van der Waals surface area (Å²) in [6.45, 7) is 6.93. The molecule has 0 unspecified atom stereocenters. The number of carbonyl (C=O) groups is 1. The van der Waals surface area contributed by atoms with Crippen LogP contribution >= 0.6 is 11.8 Å². The fourth-order valence-corrected chi connectivity index (χ4v) is 4.80. The summed E-state index contributed by atoms with van der Waals surface area (Å²) in [5.74, 6) is 2.33. The number of rotatable bonds is 9. The van der Waals surface area contributed by atoms with Gasteiger partial charge in [0.2, 0.25) is 0 Å². The fourth-order valence-electron chi connectivity index (χ4n) is 3.87. The van der Waals surface area contributed by atoms with Crippen molar-refractivity contribution in [1.29, 1.82) is 0 Å². The van der Waals surface area contributed by atoms with E-state index in [0.29, 0.717) is 11.8 Å². The zero-order chi connectivity index (χ0) is 21.3. The maximum atomic E-state index is 12.9. The van der Waals surface area contributed by atoms with E-state index in [1.165, 1.54) is 30.2 Å². The molecule has 1 saturated carbocycles. The van der Waals surface area contributed by atoms with E-state index in [4.69, 9.17) is 4.74 Å². The molecule has 1 aromatic carbocycles. The summed E-state index contributed by atoms with van der Waals surface area (Å²) in [6, 6.07) is 10.7. The maximum absolute atomic E-state index is 12.9. The highest BCUT2D eigenvalue weighted by atomic mass is 32.2. The van der Waals surface area contributed by atoms with E-state index in [-0.39, 0.29) is 5.78 Å². The van der Waals surface area contributed by atoms with Gasteiger partial charge in [0.15, 0.2) is 10.9 Å². The topological polar surface area (TPSA) is 61.9 Å². The van der Waals surface area contributed by atoms with Gasteiger partial charge in [0.25, 0.3) is 0 Å². The van der Waals surface area contributed by atoms with Crippen LogP contribution in [0.4, 0.5) is 0 Å². The molecule has 0 atom stereocenters. The van der Waals surface area contributed by atoms with Crippen molar-refractivity contribution in [2.24, 2.45) is 0 Å². The van der Waals surface area contributed by atoms with Crippen molar-refractivity contribution in [1.82, 2.24) is 19.3 Å². The van der Waals surface area contributed by atoms with Gasteiger partial charge in [0, 0.05) is 29.5 Å². The molecule has 7 heteroatoms. The molecule has 0 aliphatic heterocycles. The maximum Gasteiger partial charge on any atom is 0.191 e.